The molecule has 0 spiro atoms. The Morgan fingerprint density at radius 3 is 2.15 bits per heavy atom. The smallest absolute Gasteiger partial charge is 0.202 e. The van der Waals surface area contributed by atoms with Gasteiger partial charge in [0.15, 0.2) is 5.78 Å². The molecule has 0 atom stereocenters. The van der Waals surface area contributed by atoms with Crippen molar-refractivity contribution in [3.63, 3.8) is 0 Å². The number of rotatable bonds is 3. The first-order valence-electron chi connectivity index (χ1n) is 4.50. The van der Waals surface area contributed by atoms with Crippen molar-refractivity contribution < 1.29 is 13.2 Å². The Morgan fingerprint density at radius 2 is 1.77 bits per heavy atom. The van der Waals surface area contributed by atoms with Crippen molar-refractivity contribution in [1.82, 2.24) is 4.72 Å². The summed E-state index contributed by atoms with van der Waals surface area (Å²) in [5, 5.41) is 0. The van der Waals surface area contributed by atoms with Crippen molar-refractivity contribution in [2.24, 2.45) is 0 Å². The Labute approximate surface area is 79.8 Å². The summed E-state index contributed by atoms with van der Waals surface area (Å²) >= 11 is 0. The molecule has 0 aromatic heterocycles. The second-order valence-electron chi connectivity index (χ2n) is 3.57. The predicted octanol–water partition coefficient (Wildman–Crippen LogP) is 0.394. The van der Waals surface area contributed by atoms with E-state index in [4.69, 9.17) is 0 Å². The fourth-order valence-corrected chi connectivity index (χ4v) is 2.60. The average molecular weight is 205 g/mol. The van der Waals surface area contributed by atoms with E-state index >= 15 is 0 Å². The number of Topliss-reactive ketones (excluding diaryl/α,β-unsaturated/α-hetero) is 1. The lowest BCUT2D eigenvalue weighted by Gasteiger charge is -2.33. The Morgan fingerprint density at radius 1 is 1.23 bits per heavy atom. The van der Waals surface area contributed by atoms with Crippen molar-refractivity contribution in [1.29, 1.82) is 0 Å². The van der Waals surface area contributed by atoms with Crippen LogP contribution in [0.3, 0.4) is 0 Å². The molecule has 1 rings (SSSR count). The van der Waals surface area contributed by atoms with E-state index in [1.165, 1.54) is 6.92 Å². The third kappa shape index (κ3) is 2.51. The van der Waals surface area contributed by atoms with Crippen LogP contribution < -0.4 is 4.72 Å². The van der Waals surface area contributed by atoms with Gasteiger partial charge in [-0.15, -0.1) is 0 Å². The fraction of sp³-hybridized carbons (Fsp3) is 0.875. The van der Waals surface area contributed by atoms with Crippen LogP contribution in [0.2, 0.25) is 0 Å². The Bertz CT molecular complexity index is 259. The molecule has 4 nitrogen and oxygen atoms in total. The predicted molar refractivity (Wildman–Crippen MR) is 49.9 cm³/mol. The first-order chi connectivity index (χ1) is 6.07. The highest BCUT2D eigenvalue weighted by Gasteiger charge is 2.36. The largest absolute Gasteiger partial charge is 0.298 e. The van der Waals surface area contributed by atoms with Crippen molar-refractivity contribution in [3.8, 4) is 0 Å². The maximum Gasteiger partial charge on any atom is 0.202 e. The number of hydrogen-bond donors (Lipinski definition) is 2. The molecule has 0 heterocycles. The minimum Gasteiger partial charge on any atom is -0.298 e. The topological polar surface area (TPSA) is 63.2 Å². The van der Waals surface area contributed by atoms with Crippen LogP contribution in [-0.2, 0) is 15.7 Å². The summed E-state index contributed by atoms with van der Waals surface area (Å²) in [5.74, 6) is -0.0635. The summed E-state index contributed by atoms with van der Waals surface area (Å²) in [6.07, 6.45) is 4.23. The fourth-order valence-electron chi connectivity index (χ4n) is 1.87. The van der Waals surface area contributed by atoms with Gasteiger partial charge in [-0.25, -0.2) is 13.1 Å². The highest BCUT2D eigenvalue weighted by Crippen LogP contribution is 2.28. The molecule has 0 amide bonds. The van der Waals surface area contributed by atoms with Gasteiger partial charge in [0.05, 0.1) is 5.54 Å². The van der Waals surface area contributed by atoms with Crippen LogP contribution in [0, 0.1) is 0 Å². The van der Waals surface area contributed by atoms with Crippen LogP contribution in [0.25, 0.3) is 0 Å². The lowest BCUT2D eigenvalue weighted by atomic mass is 9.80. The Kier molecular flexibility index (Phi) is 3.44. The van der Waals surface area contributed by atoms with E-state index in [0.29, 0.717) is 12.8 Å². The van der Waals surface area contributed by atoms with Crippen molar-refractivity contribution >= 4 is 16.7 Å². The van der Waals surface area contributed by atoms with Crippen LogP contribution in [-0.4, -0.2) is 19.7 Å². The van der Waals surface area contributed by atoms with E-state index in [9.17, 15) is 13.2 Å². The lowest BCUT2D eigenvalue weighted by Crippen LogP contribution is -2.51. The molecule has 76 valence electrons. The van der Waals surface area contributed by atoms with Gasteiger partial charge in [0.2, 0.25) is 10.9 Å². The average Bonchev–Trinajstić information content (AvgIpc) is 2.04. The molecular formula is C8H15NO3S. The first kappa shape index (κ1) is 10.7. The molecule has 0 aromatic carbocycles. The second-order valence-corrected chi connectivity index (χ2v) is 4.31. The third-order valence-corrected chi connectivity index (χ3v) is 3.30. The normalized spacial score (nSPS) is 21.7. The zero-order chi connectivity index (χ0) is 9.90. The van der Waals surface area contributed by atoms with Crippen LogP contribution in [0.5, 0.6) is 0 Å². The highest BCUT2D eigenvalue weighted by atomic mass is 32.2. The maximum absolute atomic E-state index is 11.3. The van der Waals surface area contributed by atoms with Gasteiger partial charge < -0.3 is 0 Å². The van der Waals surface area contributed by atoms with Gasteiger partial charge >= 0.3 is 0 Å². The van der Waals surface area contributed by atoms with Crippen LogP contribution >= 0.6 is 0 Å². The van der Waals surface area contributed by atoms with Crippen LogP contribution in [0.15, 0.2) is 0 Å². The van der Waals surface area contributed by atoms with Gasteiger partial charge in [-0.2, -0.15) is 0 Å². The first-order valence-corrected chi connectivity index (χ1v) is 5.68. The summed E-state index contributed by atoms with van der Waals surface area (Å²) in [6.45, 7) is 1.46. The van der Waals surface area contributed by atoms with E-state index in [1.807, 2.05) is 0 Å². The van der Waals surface area contributed by atoms with Crippen molar-refractivity contribution in [2.45, 2.75) is 44.6 Å². The SMILES string of the molecule is CC(=O)C1(N[SH](=O)=O)CCCCC1. The number of carbonyl (C=O) groups is 1. The van der Waals surface area contributed by atoms with Gasteiger partial charge in [-0.05, 0) is 19.8 Å². The summed E-state index contributed by atoms with van der Waals surface area (Å²) in [6, 6.07) is 0. The molecule has 13 heavy (non-hydrogen) atoms. The Balaban J connectivity index is 2.78. The zero-order valence-electron chi connectivity index (χ0n) is 7.71. The monoisotopic (exact) mass is 205 g/mol. The molecule has 0 saturated heterocycles. The third-order valence-electron chi connectivity index (χ3n) is 2.69. The number of hydrogen-bond acceptors (Lipinski definition) is 3. The minimum absolute atomic E-state index is 0.0635. The molecule has 0 radical (unpaired) electrons. The van der Waals surface area contributed by atoms with Gasteiger partial charge in [-0.1, -0.05) is 19.3 Å². The molecule has 5 heteroatoms. The van der Waals surface area contributed by atoms with Crippen molar-refractivity contribution in [2.75, 3.05) is 0 Å². The van der Waals surface area contributed by atoms with Crippen LogP contribution in [0.4, 0.5) is 0 Å². The second kappa shape index (κ2) is 4.19. The zero-order valence-corrected chi connectivity index (χ0v) is 8.60. The van der Waals surface area contributed by atoms with E-state index in [0.717, 1.165) is 19.3 Å². The number of ketones is 1. The molecule has 1 fully saturated rings. The molecular weight excluding hydrogens is 190 g/mol. The minimum atomic E-state index is -2.68. The quantitative estimate of drug-likeness (QED) is 0.655. The lowest BCUT2D eigenvalue weighted by molar-refractivity contribution is -0.123. The van der Waals surface area contributed by atoms with E-state index < -0.39 is 16.4 Å². The number of thiol groups is 1. The highest BCUT2D eigenvalue weighted by molar-refractivity contribution is 7.70. The van der Waals surface area contributed by atoms with Gasteiger partial charge in [-0.3, -0.25) is 4.79 Å². The standard InChI is InChI=1S/C8H15NO3S/c1-7(10)8(9-13(11)12)5-3-2-4-6-8/h13H,2-6H2,1H3,(H,9,11,12). The molecule has 1 saturated carbocycles. The number of carbonyl (C=O) groups excluding carboxylic acids is 1. The molecule has 1 N–H and O–H groups in total. The molecule has 0 aromatic rings. The van der Waals surface area contributed by atoms with E-state index in [2.05, 4.69) is 4.72 Å². The van der Waals surface area contributed by atoms with E-state index in [-0.39, 0.29) is 5.78 Å². The summed E-state index contributed by atoms with van der Waals surface area (Å²) in [7, 11) is -2.68. The van der Waals surface area contributed by atoms with Crippen molar-refractivity contribution in [3.05, 3.63) is 0 Å². The molecule has 1 aliphatic carbocycles. The Hall–Kier alpha value is -0.420. The summed E-state index contributed by atoms with van der Waals surface area (Å²) in [5.41, 5.74) is -0.784. The molecule has 0 aliphatic heterocycles. The summed E-state index contributed by atoms with van der Waals surface area (Å²) < 4.78 is 23.5. The van der Waals surface area contributed by atoms with Gasteiger partial charge in [0, 0.05) is 0 Å². The van der Waals surface area contributed by atoms with Gasteiger partial charge in [0.25, 0.3) is 0 Å². The summed E-state index contributed by atoms with van der Waals surface area (Å²) in [4.78, 5) is 11.3. The number of nitrogens with one attached hydrogen (secondary N) is 1. The van der Waals surface area contributed by atoms with Gasteiger partial charge in [0.1, 0.15) is 0 Å². The molecule has 0 unspecified atom stereocenters. The van der Waals surface area contributed by atoms with Crippen LogP contribution in [0.1, 0.15) is 39.0 Å². The molecule has 1 aliphatic rings. The maximum atomic E-state index is 11.3. The van der Waals surface area contributed by atoms with E-state index in [1.54, 1.807) is 0 Å². The molecule has 0 bridgehead atoms.